The van der Waals surface area contributed by atoms with Gasteiger partial charge >= 0.3 is 5.97 Å². The Kier molecular flexibility index (Phi) is 6.34. The van der Waals surface area contributed by atoms with E-state index in [1.54, 1.807) is 13.8 Å². The van der Waals surface area contributed by atoms with Gasteiger partial charge in [-0.25, -0.2) is 8.78 Å². The number of carbonyl (C=O) groups excluding carboxylic acids is 1. The van der Waals surface area contributed by atoms with Crippen LogP contribution in [0.25, 0.3) is 0 Å². The first kappa shape index (κ1) is 15.5. The highest BCUT2D eigenvalue weighted by atomic mass is 19.3. The molecule has 0 fully saturated rings. The number of carbonyl (C=O) groups is 1. The molecule has 1 aromatic rings. The van der Waals surface area contributed by atoms with E-state index in [9.17, 15) is 13.6 Å². The maximum atomic E-state index is 11.8. The summed E-state index contributed by atoms with van der Waals surface area (Å²) in [5, 5.41) is 3.64. The Morgan fingerprint density at radius 3 is 2.84 bits per heavy atom. The fourth-order valence-electron chi connectivity index (χ4n) is 1.25. The molecule has 1 rings (SSSR count). The SMILES string of the molecule is CCOC(=O)C(C)c1nc(CCOCC(F)F)no1. The molecule has 1 heterocycles. The van der Waals surface area contributed by atoms with Gasteiger partial charge < -0.3 is 14.0 Å². The number of aromatic nitrogens is 2. The van der Waals surface area contributed by atoms with Crippen LogP contribution in [0.1, 0.15) is 31.5 Å². The zero-order valence-electron chi connectivity index (χ0n) is 10.8. The van der Waals surface area contributed by atoms with Crippen LogP contribution in [0.4, 0.5) is 8.78 Å². The zero-order valence-corrected chi connectivity index (χ0v) is 10.8. The largest absolute Gasteiger partial charge is 0.465 e. The first-order valence-electron chi connectivity index (χ1n) is 5.89. The van der Waals surface area contributed by atoms with Crippen LogP contribution in [0.3, 0.4) is 0 Å². The third-order valence-electron chi connectivity index (χ3n) is 2.21. The summed E-state index contributed by atoms with van der Waals surface area (Å²) in [6, 6.07) is 0. The summed E-state index contributed by atoms with van der Waals surface area (Å²) in [6.45, 7) is 3.00. The molecule has 1 unspecified atom stereocenters. The van der Waals surface area contributed by atoms with Gasteiger partial charge in [0.25, 0.3) is 6.43 Å². The van der Waals surface area contributed by atoms with E-state index in [2.05, 4.69) is 10.1 Å². The number of halogens is 2. The topological polar surface area (TPSA) is 74.5 Å². The van der Waals surface area contributed by atoms with Gasteiger partial charge in [0.1, 0.15) is 12.5 Å². The third kappa shape index (κ3) is 5.29. The summed E-state index contributed by atoms with van der Waals surface area (Å²) in [4.78, 5) is 15.4. The van der Waals surface area contributed by atoms with Crippen molar-refractivity contribution in [3.8, 4) is 0 Å². The van der Waals surface area contributed by atoms with Crippen molar-refractivity contribution < 1.29 is 27.6 Å². The highest BCUT2D eigenvalue weighted by molar-refractivity contribution is 5.76. The summed E-state index contributed by atoms with van der Waals surface area (Å²) in [5.41, 5.74) is 0. The van der Waals surface area contributed by atoms with Crippen LogP contribution in [0.2, 0.25) is 0 Å². The van der Waals surface area contributed by atoms with Crippen molar-refractivity contribution >= 4 is 5.97 Å². The van der Waals surface area contributed by atoms with E-state index < -0.39 is 24.9 Å². The number of ether oxygens (including phenoxy) is 2. The lowest BCUT2D eigenvalue weighted by Crippen LogP contribution is -2.13. The molecule has 19 heavy (non-hydrogen) atoms. The average Bonchev–Trinajstić information content (AvgIpc) is 2.82. The second-order valence-electron chi connectivity index (χ2n) is 3.74. The van der Waals surface area contributed by atoms with Gasteiger partial charge in [0, 0.05) is 6.42 Å². The van der Waals surface area contributed by atoms with Crippen LogP contribution < -0.4 is 0 Å². The zero-order chi connectivity index (χ0) is 14.3. The van der Waals surface area contributed by atoms with Crippen LogP contribution in [0, 0.1) is 0 Å². The Morgan fingerprint density at radius 1 is 1.47 bits per heavy atom. The number of alkyl halides is 2. The molecule has 0 amide bonds. The smallest absolute Gasteiger partial charge is 0.318 e. The molecule has 1 atom stereocenters. The molecule has 0 spiro atoms. The number of rotatable bonds is 8. The van der Waals surface area contributed by atoms with Crippen molar-refractivity contribution in [1.29, 1.82) is 0 Å². The van der Waals surface area contributed by atoms with Crippen molar-refractivity contribution in [2.24, 2.45) is 0 Å². The Labute approximate surface area is 109 Å². The monoisotopic (exact) mass is 278 g/mol. The first-order chi connectivity index (χ1) is 9.04. The molecule has 0 saturated carbocycles. The molecule has 0 aliphatic rings. The van der Waals surface area contributed by atoms with Crippen LogP contribution in [-0.4, -0.2) is 42.4 Å². The minimum atomic E-state index is -2.50. The van der Waals surface area contributed by atoms with E-state index in [1.165, 1.54) is 0 Å². The van der Waals surface area contributed by atoms with Gasteiger partial charge in [-0.15, -0.1) is 0 Å². The maximum Gasteiger partial charge on any atom is 0.318 e. The standard InChI is InChI=1S/C11H16F2N2O4/c1-3-18-11(16)7(2)10-14-9(15-19-10)4-5-17-6-8(12)13/h7-8H,3-6H2,1-2H3. The van der Waals surface area contributed by atoms with Gasteiger partial charge in [-0.3, -0.25) is 4.79 Å². The Morgan fingerprint density at radius 2 is 2.21 bits per heavy atom. The molecule has 0 bridgehead atoms. The minimum Gasteiger partial charge on any atom is -0.465 e. The molecule has 6 nitrogen and oxygen atoms in total. The van der Waals surface area contributed by atoms with Gasteiger partial charge in [-0.2, -0.15) is 4.98 Å². The second-order valence-corrected chi connectivity index (χ2v) is 3.74. The summed E-state index contributed by atoms with van der Waals surface area (Å²) in [7, 11) is 0. The van der Waals surface area contributed by atoms with Gasteiger partial charge in [0.2, 0.25) is 5.89 Å². The molecule has 1 aromatic heterocycles. The van der Waals surface area contributed by atoms with Crippen molar-refractivity contribution in [1.82, 2.24) is 10.1 Å². The maximum absolute atomic E-state index is 11.8. The van der Waals surface area contributed by atoms with E-state index in [-0.39, 0.29) is 25.5 Å². The second kappa shape index (κ2) is 7.78. The summed E-state index contributed by atoms with van der Waals surface area (Å²) in [5.74, 6) is -0.655. The Bertz CT molecular complexity index is 398. The van der Waals surface area contributed by atoms with Gasteiger partial charge in [0.15, 0.2) is 5.82 Å². The van der Waals surface area contributed by atoms with E-state index in [4.69, 9.17) is 14.0 Å². The summed E-state index contributed by atoms with van der Waals surface area (Å²) >= 11 is 0. The van der Waals surface area contributed by atoms with Crippen LogP contribution >= 0.6 is 0 Å². The summed E-state index contributed by atoms with van der Waals surface area (Å²) in [6.07, 6.45) is -2.25. The van der Waals surface area contributed by atoms with Crippen LogP contribution in [-0.2, 0) is 20.7 Å². The highest BCUT2D eigenvalue weighted by Gasteiger charge is 2.22. The normalized spacial score (nSPS) is 12.7. The van der Waals surface area contributed by atoms with Crippen molar-refractivity contribution in [2.75, 3.05) is 19.8 Å². The van der Waals surface area contributed by atoms with Gasteiger partial charge in [-0.05, 0) is 13.8 Å². The fourth-order valence-corrected chi connectivity index (χ4v) is 1.25. The number of hydrogen-bond donors (Lipinski definition) is 0. The predicted molar refractivity (Wildman–Crippen MR) is 59.9 cm³/mol. The van der Waals surface area contributed by atoms with Gasteiger partial charge in [0.05, 0.1) is 13.2 Å². The predicted octanol–water partition coefficient (Wildman–Crippen LogP) is 1.56. The van der Waals surface area contributed by atoms with E-state index in [0.29, 0.717) is 5.82 Å². The quantitative estimate of drug-likeness (QED) is 0.530. The molecule has 108 valence electrons. The van der Waals surface area contributed by atoms with Crippen molar-refractivity contribution in [2.45, 2.75) is 32.6 Å². The highest BCUT2D eigenvalue weighted by Crippen LogP contribution is 2.14. The van der Waals surface area contributed by atoms with Gasteiger partial charge in [-0.1, -0.05) is 5.16 Å². The average molecular weight is 278 g/mol. The van der Waals surface area contributed by atoms with Crippen molar-refractivity contribution in [3.63, 3.8) is 0 Å². The molecule has 0 N–H and O–H groups in total. The molecule has 0 aliphatic heterocycles. The number of hydrogen-bond acceptors (Lipinski definition) is 6. The van der Waals surface area contributed by atoms with Crippen LogP contribution in [0.15, 0.2) is 4.52 Å². The van der Waals surface area contributed by atoms with Crippen LogP contribution in [0.5, 0.6) is 0 Å². The van der Waals surface area contributed by atoms with E-state index in [1.807, 2.05) is 0 Å². The molecule has 0 radical (unpaired) electrons. The minimum absolute atomic E-state index is 0.0666. The number of nitrogens with zero attached hydrogens (tertiary/aromatic N) is 2. The molecular weight excluding hydrogens is 262 g/mol. The lowest BCUT2D eigenvalue weighted by atomic mass is 10.2. The molecule has 0 aliphatic carbocycles. The van der Waals surface area contributed by atoms with E-state index in [0.717, 1.165) is 0 Å². The molecule has 0 saturated heterocycles. The number of esters is 1. The van der Waals surface area contributed by atoms with E-state index >= 15 is 0 Å². The third-order valence-corrected chi connectivity index (χ3v) is 2.21. The Balaban J connectivity index is 2.41. The fraction of sp³-hybridized carbons (Fsp3) is 0.727. The van der Waals surface area contributed by atoms with Crippen molar-refractivity contribution in [3.05, 3.63) is 11.7 Å². The molecule has 0 aromatic carbocycles. The molecule has 8 heteroatoms. The Hall–Kier alpha value is -1.57. The molecular formula is C11H16F2N2O4. The first-order valence-corrected chi connectivity index (χ1v) is 5.89. The summed E-state index contributed by atoms with van der Waals surface area (Å²) < 4.78 is 38.0. The lowest BCUT2D eigenvalue weighted by Gasteiger charge is -2.04. The lowest BCUT2D eigenvalue weighted by molar-refractivity contribution is -0.145.